The number of carbonyl (C=O) groups excluding carboxylic acids is 2. The van der Waals surface area contributed by atoms with Gasteiger partial charge in [-0.2, -0.15) is 0 Å². The summed E-state index contributed by atoms with van der Waals surface area (Å²) in [7, 11) is 0. The molecule has 0 spiro atoms. The molecule has 0 aromatic heterocycles. The van der Waals surface area contributed by atoms with Gasteiger partial charge in [0.05, 0.1) is 0 Å². The first-order chi connectivity index (χ1) is 13.1. The summed E-state index contributed by atoms with van der Waals surface area (Å²) in [6.45, 7) is 3.33. The average molecular weight is 392 g/mol. The highest BCUT2D eigenvalue weighted by molar-refractivity contribution is 6.30. The van der Waals surface area contributed by atoms with Crippen molar-refractivity contribution in [3.05, 3.63) is 29.3 Å². The van der Waals surface area contributed by atoms with Gasteiger partial charge in [-0.15, -0.1) is 0 Å². The predicted molar refractivity (Wildman–Crippen MR) is 109 cm³/mol. The minimum atomic E-state index is -0.0686. The molecular weight excluding hydrogens is 362 g/mol. The predicted octanol–water partition coefficient (Wildman–Crippen LogP) is 4.77. The van der Waals surface area contributed by atoms with Crippen molar-refractivity contribution in [1.82, 2.24) is 9.80 Å². The van der Waals surface area contributed by atoms with Crippen molar-refractivity contribution in [3.8, 4) is 0 Å². The largest absolute Gasteiger partial charge is 0.343 e. The molecule has 0 aliphatic carbocycles. The molecule has 1 aromatic rings. The van der Waals surface area contributed by atoms with Gasteiger partial charge in [0.25, 0.3) is 0 Å². The van der Waals surface area contributed by atoms with E-state index in [1.807, 2.05) is 21.9 Å². The number of amides is 3. The number of anilines is 1. The lowest BCUT2D eigenvalue weighted by atomic mass is 9.93. The van der Waals surface area contributed by atoms with Gasteiger partial charge in [0.1, 0.15) is 0 Å². The van der Waals surface area contributed by atoms with E-state index in [4.69, 9.17) is 11.6 Å². The minimum absolute atomic E-state index is 0.0686. The maximum absolute atomic E-state index is 12.5. The summed E-state index contributed by atoms with van der Waals surface area (Å²) in [5.41, 5.74) is 0.753. The minimum Gasteiger partial charge on any atom is -0.343 e. The van der Waals surface area contributed by atoms with Gasteiger partial charge in [0.15, 0.2) is 0 Å². The number of hydrogen-bond acceptors (Lipinski definition) is 2. The fourth-order valence-corrected chi connectivity index (χ4v) is 4.15. The smallest absolute Gasteiger partial charge is 0.321 e. The molecule has 2 heterocycles. The summed E-state index contributed by atoms with van der Waals surface area (Å²) >= 11 is 5.89. The van der Waals surface area contributed by atoms with Crippen molar-refractivity contribution in [2.75, 3.05) is 31.5 Å². The molecule has 6 heteroatoms. The Morgan fingerprint density at radius 2 is 1.63 bits per heavy atom. The number of halogens is 1. The number of piperidine rings is 1. The molecule has 2 aliphatic rings. The van der Waals surface area contributed by atoms with Crippen molar-refractivity contribution in [2.45, 2.75) is 51.4 Å². The monoisotopic (exact) mass is 391 g/mol. The number of carbonyl (C=O) groups is 2. The van der Waals surface area contributed by atoms with E-state index >= 15 is 0 Å². The molecule has 5 nitrogen and oxygen atoms in total. The molecule has 1 atom stereocenters. The number of urea groups is 1. The van der Waals surface area contributed by atoms with Crippen LogP contribution in [0.3, 0.4) is 0 Å². The quantitative estimate of drug-likeness (QED) is 0.803. The molecule has 0 bridgehead atoms. The van der Waals surface area contributed by atoms with Crippen LogP contribution in [-0.2, 0) is 4.79 Å². The van der Waals surface area contributed by atoms with E-state index in [0.717, 1.165) is 64.0 Å². The summed E-state index contributed by atoms with van der Waals surface area (Å²) in [6.07, 6.45) is 8.32. The average Bonchev–Trinajstić information content (AvgIpc) is 2.98. The van der Waals surface area contributed by atoms with E-state index < -0.39 is 0 Å². The number of hydrogen-bond donors (Lipinski definition) is 1. The van der Waals surface area contributed by atoms with E-state index in [0.29, 0.717) is 23.3 Å². The van der Waals surface area contributed by atoms with Crippen LogP contribution in [0.15, 0.2) is 24.3 Å². The Bertz CT molecular complexity index is 627. The molecule has 1 N–H and O–H groups in total. The van der Waals surface area contributed by atoms with Crippen LogP contribution in [0.5, 0.6) is 0 Å². The van der Waals surface area contributed by atoms with Crippen LogP contribution in [0.25, 0.3) is 0 Å². The van der Waals surface area contributed by atoms with Crippen molar-refractivity contribution >= 4 is 29.2 Å². The Morgan fingerprint density at radius 3 is 2.33 bits per heavy atom. The first-order valence-electron chi connectivity index (χ1n) is 10.2. The van der Waals surface area contributed by atoms with Crippen molar-refractivity contribution in [3.63, 3.8) is 0 Å². The summed E-state index contributed by atoms with van der Waals surface area (Å²) in [6, 6.07) is 7.08. The fraction of sp³-hybridized carbons (Fsp3) is 0.619. The highest BCUT2D eigenvalue weighted by atomic mass is 35.5. The molecule has 2 aliphatic heterocycles. The van der Waals surface area contributed by atoms with Crippen molar-refractivity contribution in [2.24, 2.45) is 5.92 Å². The molecule has 3 rings (SSSR count). The van der Waals surface area contributed by atoms with E-state index in [-0.39, 0.29) is 6.03 Å². The van der Waals surface area contributed by atoms with Gasteiger partial charge in [-0.25, -0.2) is 4.79 Å². The van der Waals surface area contributed by atoms with Crippen LogP contribution < -0.4 is 5.32 Å². The zero-order valence-corrected chi connectivity index (χ0v) is 16.7. The topological polar surface area (TPSA) is 52.7 Å². The normalized spacial score (nSPS) is 20.9. The van der Waals surface area contributed by atoms with E-state index in [9.17, 15) is 9.59 Å². The van der Waals surface area contributed by atoms with Crippen molar-refractivity contribution in [1.29, 1.82) is 0 Å². The first-order valence-corrected chi connectivity index (χ1v) is 10.6. The summed E-state index contributed by atoms with van der Waals surface area (Å²) in [5.74, 6) is 0.699. The maximum atomic E-state index is 12.5. The first kappa shape index (κ1) is 20.0. The molecule has 2 saturated heterocycles. The Hall–Kier alpha value is -1.75. The van der Waals surface area contributed by atoms with Crippen LogP contribution in [0.2, 0.25) is 5.02 Å². The Morgan fingerprint density at radius 1 is 0.963 bits per heavy atom. The Kier molecular flexibility index (Phi) is 7.39. The van der Waals surface area contributed by atoms with Crippen LogP contribution in [-0.4, -0.2) is 47.9 Å². The van der Waals surface area contributed by atoms with Crippen LogP contribution in [0.4, 0.5) is 10.5 Å². The fourth-order valence-electron chi connectivity index (χ4n) is 4.03. The van der Waals surface area contributed by atoms with Crippen LogP contribution in [0.1, 0.15) is 51.4 Å². The highest BCUT2D eigenvalue weighted by Crippen LogP contribution is 2.23. The zero-order valence-electron chi connectivity index (χ0n) is 16.0. The summed E-state index contributed by atoms with van der Waals surface area (Å²) in [4.78, 5) is 28.9. The molecule has 148 valence electrons. The molecular formula is C21H30ClN3O2. The van der Waals surface area contributed by atoms with Gasteiger partial charge >= 0.3 is 6.03 Å². The lowest BCUT2D eigenvalue weighted by Crippen LogP contribution is -2.42. The third-order valence-corrected chi connectivity index (χ3v) is 5.88. The Balaban J connectivity index is 1.45. The second-order valence-electron chi connectivity index (χ2n) is 7.72. The van der Waals surface area contributed by atoms with E-state index in [1.165, 1.54) is 12.8 Å². The van der Waals surface area contributed by atoms with Gasteiger partial charge in [-0.3, -0.25) is 4.79 Å². The maximum Gasteiger partial charge on any atom is 0.321 e. The van der Waals surface area contributed by atoms with Gasteiger partial charge in [-0.1, -0.05) is 24.4 Å². The lowest BCUT2D eigenvalue weighted by Gasteiger charge is -2.33. The molecule has 2 fully saturated rings. The van der Waals surface area contributed by atoms with Gasteiger partial charge in [-0.05, 0) is 62.3 Å². The molecule has 27 heavy (non-hydrogen) atoms. The highest BCUT2D eigenvalue weighted by Gasteiger charge is 2.25. The van der Waals surface area contributed by atoms with Gasteiger partial charge < -0.3 is 15.1 Å². The zero-order chi connectivity index (χ0) is 19.1. The van der Waals surface area contributed by atoms with Gasteiger partial charge in [0, 0.05) is 43.3 Å². The van der Waals surface area contributed by atoms with Crippen LogP contribution in [0, 0.1) is 5.92 Å². The second kappa shape index (κ2) is 9.98. The molecule has 3 amide bonds. The molecule has 0 radical (unpaired) electrons. The Labute approximate surface area is 167 Å². The second-order valence-corrected chi connectivity index (χ2v) is 8.16. The molecule has 0 saturated carbocycles. The lowest BCUT2D eigenvalue weighted by molar-refractivity contribution is -0.131. The standard InChI is InChI=1S/C21H30ClN3O2/c22-18-8-10-19(11-9-18)23-21(27)25-15-5-6-17(16-25)7-12-20(26)24-13-3-1-2-4-14-24/h8-11,17H,1-7,12-16H2,(H,23,27)/t17-/m1/s1. The SMILES string of the molecule is O=C(CC[C@H]1CCCN(C(=O)Nc2ccc(Cl)cc2)C1)N1CCCCCC1. The number of nitrogens with zero attached hydrogens (tertiary/aromatic N) is 2. The third kappa shape index (κ3) is 6.13. The summed E-state index contributed by atoms with van der Waals surface area (Å²) in [5, 5.41) is 3.59. The van der Waals surface area contributed by atoms with E-state index in [1.54, 1.807) is 12.1 Å². The number of rotatable bonds is 4. The van der Waals surface area contributed by atoms with Crippen molar-refractivity contribution < 1.29 is 9.59 Å². The number of benzene rings is 1. The summed E-state index contributed by atoms with van der Waals surface area (Å²) < 4.78 is 0. The molecule has 1 aromatic carbocycles. The number of likely N-dealkylation sites (tertiary alicyclic amines) is 2. The van der Waals surface area contributed by atoms with Gasteiger partial charge in [0.2, 0.25) is 5.91 Å². The van der Waals surface area contributed by atoms with E-state index in [2.05, 4.69) is 5.32 Å². The third-order valence-electron chi connectivity index (χ3n) is 5.63. The number of nitrogens with one attached hydrogen (secondary N) is 1. The molecule has 0 unspecified atom stereocenters. The van der Waals surface area contributed by atoms with Crippen LogP contribution >= 0.6 is 11.6 Å².